The number of nitrogens with two attached hydrogens (primary N) is 1. The molecule has 2 aliphatic heterocycles. The standard InChI is InChI=1S/C11H17NO2.C9H9ClN2O2/c1-2-8-14-11(13)12-9-4-3-5-10(12)7-6-9;10-7-3-1-2-6(4-7)9(14)12-5-8(11)13/h2,9-10H,1,3-8H2;1-4H,5H2,(H2,11,13)(H,12,14). The number of primary amides is 1. The number of rotatable bonds is 5. The Morgan fingerprint density at radius 2 is 1.93 bits per heavy atom. The Bertz CT molecular complexity index is 709. The van der Waals surface area contributed by atoms with Crippen LogP contribution in [-0.4, -0.2) is 48.0 Å². The van der Waals surface area contributed by atoms with E-state index < -0.39 is 5.91 Å². The average molecular weight is 408 g/mol. The normalized spacial score (nSPS) is 19.8. The van der Waals surface area contributed by atoms with Crippen molar-refractivity contribution in [2.45, 2.75) is 44.2 Å². The highest BCUT2D eigenvalue weighted by Crippen LogP contribution is 2.35. The lowest BCUT2D eigenvalue weighted by atomic mass is 10.0. The monoisotopic (exact) mass is 407 g/mol. The van der Waals surface area contributed by atoms with Crippen LogP contribution >= 0.6 is 11.6 Å². The maximum absolute atomic E-state index is 11.7. The maximum atomic E-state index is 11.7. The summed E-state index contributed by atoms with van der Waals surface area (Å²) in [5.41, 5.74) is 5.27. The van der Waals surface area contributed by atoms with E-state index in [2.05, 4.69) is 11.9 Å². The number of nitrogens with zero attached hydrogens (tertiary/aromatic N) is 1. The number of benzene rings is 1. The summed E-state index contributed by atoms with van der Waals surface area (Å²) >= 11 is 5.68. The molecule has 3 N–H and O–H groups in total. The zero-order valence-corrected chi connectivity index (χ0v) is 16.5. The SMILES string of the molecule is C=CCOC(=O)N1C2CCCC1CC2.NC(=O)CNC(=O)c1cccc(Cl)c1. The van der Waals surface area contributed by atoms with Crippen molar-refractivity contribution >= 4 is 29.5 Å². The van der Waals surface area contributed by atoms with Gasteiger partial charge in [-0.15, -0.1) is 0 Å². The van der Waals surface area contributed by atoms with Gasteiger partial charge in [0.1, 0.15) is 6.61 Å². The quantitative estimate of drug-likeness (QED) is 0.732. The van der Waals surface area contributed by atoms with Gasteiger partial charge < -0.3 is 20.7 Å². The van der Waals surface area contributed by atoms with Crippen LogP contribution in [-0.2, 0) is 9.53 Å². The van der Waals surface area contributed by atoms with E-state index in [9.17, 15) is 14.4 Å². The van der Waals surface area contributed by atoms with Crippen LogP contribution in [0.4, 0.5) is 4.79 Å². The van der Waals surface area contributed by atoms with Crippen LogP contribution in [0, 0.1) is 0 Å². The van der Waals surface area contributed by atoms with Gasteiger partial charge in [-0.3, -0.25) is 9.59 Å². The third-order valence-corrected chi connectivity index (χ3v) is 4.98. The molecule has 2 fully saturated rings. The molecule has 2 saturated heterocycles. The van der Waals surface area contributed by atoms with E-state index in [4.69, 9.17) is 22.1 Å². The first-order chi connectivity index (χ1) is 13.4. The molecule has 8 heteroatoms. The van der Waals surface area contributed by atoms with Crippen LogP contribution in [0.1, 0.15) is 42.5 Å². The highest BCUT2D eigenvalue weighted by molar-refractivity contribution is 6.30. The van der Waals surface area contributed by atoms with Crippen molar-refractivity contribution in [1.82, 2.24) is 10.2 Å². The zero-order chi connectivity index (χ0) is 20.5. The van der Waals surface area contributed by atoms with Crippen LogP contribution < -0.4 is 11.1 Å². The number of carbonyl (C=O) groups excluding carboxylic acids is 3. The second-order valence-corrected chi connectivity index (χ2v) is 7.18. The number of nitrogens with one attached hydrogen (secondary N) is 1. The van der Waals surface area contributed by atoms with Gasteiger partial charge >= 0.3 is 6.09 Å². The molecule has 2 heterocycles. The Labute approximate surface area is 169 Å². The van der Waals surface area contributed by atoms with Crippen LogP contribution in [0.2, 0.25) is 5.02 Å². The zero-order valence-electron chi connectivity index (χ0n) is 15.7. The molecule has 0 aliphatic carbocycles. The first-order valence-corrected chi connectivity index (χ1v) is 9.68. The second-order valence-electron chi connectivity index (χ2n) is 6.75. The molecule has 0 aromatic heterocycles. The fraction of sp³-hybridized carbons (Fsp3) is 0.450. The van der Waals surface area contributed by atoms with Gasteiger partial charge in [0.25, 0.3) is 5.91 Å². The molecule has 28 heavy (non-hydrogen) atoms. The summed E-state index contributed by atoms with van der Waals surface area (Å²) in [6, 6.07) is 7.32. The van der Waals surface area contributed by atoms with Crippen LogP contribution in [0.5, 0.6) is 0 Å². The van der Waals surface area contributed by atoms with Gasteiger partial charge in [-0.05, 0) is 50.3 Å². The Balaban J connectivity index is 0.000000200. The lowest BCUT2D eigenvalue weighted by Crippen LogP contribution is -2.44. The van der Waals surface area contributed by atoms with Crippen LogP contribution in [0.25, 0.3) is 0 Å². The summed E-state index contributed by atoms with van der Waals surface area (Å²) in [6.45, 7) is 3.69. The van der Waals surface area contributed by atoms with E-state index in [1.54, 1.807) is 24.3 Å². The minimum absolute atomic E-state index is 0.142. The second kappa shape index (κ2) is 10.7. The molecule has 3 rings (SSSR count). The van der Waals surface area contributed by atoms with E-state index in [0.29, 0.717) is 29.3 Å². The third-order valence-electron chi connectivity index (χ3n) is 4.74. The van der Waals surface area contributed by atoms with Gasteiger partial charge in [0.2, 0.25) is 5.91 Å². The van der Waals surface area contributed by atoms with Gasteiger partial charge in [0.15, 0.2) is 0 Å². The first kappa shape index (κ1) is 21.8. The molecule has 1 aromatic rings. The van der Waals surface area contributed by atoms with Gasteiger partial charge in [-0.2, -0.15) is 0 Å². The summed E-state index contributed by atoms with van der Waals surface area (Å²) in [5.74, 6) is -0.952. The summed E-state index contributed by atoms with van der Waals surface area (Å²) in [6.07, 6.45) is 7.36. The number of fused-ring (bicyclic) bond motifs is 2. The van der Waals surface area contributed by atoms with Gasteiger partial charge in [-0.1, -0.05) is 30.3 Å². The highest BCUT2D eigenvalue weighted by Gasteiger charge is 2.40. The fourth-order valence-corrected chi connectivity index (χ4v) is 3.71. The summed E-state index contributed by atoms with van der Waals surface area (Å²) in [4.78, 5) is 35.3. The van der Waals surface area contributed by atoms with Crippen molar-refractivity contribution in [1.29, 1.82) is 0 Å². The number of hydrogen-bond donors (Lipinski definition) is 2. The number of carbonyl (C=O) groups is 3. The summed E-state index contributed by atoms with van der Waals surface area (Å²) in [5, 5.41) is 2.82. The van der Waals surface area contributed by atoms with Crippen molar-refractivity contribution in [2.24, 2.45) is 5.73 Å². The molecule has 2 aliphatic rings. The molecule has 2 atom stereocenters. The Kier molecular flexibility index (Phi) is 8.32. The van der Waals surface area contributed by atoms with E-state index in [0.717, 1.165) is 25.7 Å². The average Bonchev–Trinajstić information content (AvgIpc) is 2.93. The van der Waals surface area contributed by atoms with E-state index >= 15 is 0 Å². The molecule has 0 spiro atoms. The topological polar surface area (TPSA) is 102 Å². The Morgan fingerprint density at radius 1 is 1.25 bits per heavy atom. The molecule has 7 nitrogen and oxygen atoms in total. The molecule has 2 bridgehead atoms. The predicted octanol–water partition coefficient (Wildman–Crippen LogP) is 2.88. The molecular formula is C20H26ClN3O4. The van der Waals surface area contributed by atoms with E-state index in [-0.39, 0.29) is 18.5 Å². The molecule has 2 unspecified atom stereocenters. The predicted molar refractivity (Wildman–Crippen MR) is 107 cm³/mol. The highest BCUT2D eigenvalue weighted by atomic mass is 35.5. The number of halogens is 1. The summed E-state index contributed by atoms with van der Waals surface area (Å²) < 4.78 is 5.08. The van der Waals surface area contributed by atoms with Crippen molar-refractivity contribution in [2.75, 3.05) is 13.2 Å². The van der Waals surface area contributed by atoms with E-state index in [1.807, 2.05) is 4.90 Å². The van der Waals surface area contributed by atoms with Gasteiger partial charge in [-0.25, -0.2) is 4.79 Å². The first-order valence-electron chi connectivity index (χ1n) is 9.30. The number of piperidine rings is 1. The van der Waals surface area contributed by atoms with Crippen molar-refractivity contribution in [3.05, 3.63) is 47.5 Å². The molecular weight excluding hydrogens is 382 g/mol. The molecule has 152 valence electrons. The summed E-state index contributed by atoms with van der Waals surface area (Å²) in [7, 11) is 0. The van der Waals surface area contributed by atoms with Crippen molar-refractivity contribution in [3.8, 4) is 0 Å². The smallest absolute Gasteiger partial charge is 0.410 e. The molecule has 1 aromatic carbocycles. The minimum atomic E-state index is -0.583. The van der Waals surface area contributed by atoms with Gasteiger partial charge in [0.05, 0.1) is 6.54 Å². The van der Waals surface area contributed by atoms with Crippen molar-refractivity contribution < 1.29 is 19.1 Å². The lowest BCUT2D eigenvalue weighted by molar-refractivity contribution is -0.117. The number of amides is 3. The lowest BCUT2D eigenvalue weighted by Gasteiger charge is -2.33. The third kappa shape index (κ3) is 6.27. The number of ether oxygens (including phenoxy) is 1. The Hall–Kier alpha value is -2.54. The minimum Gasteiger partial charge on any atom is -0.445 e. The molecule has 0 radical (unpaired) electrons. The Morgan fingerprint density at radius 3 is 2.50 bits per heavy atom. The largest absolute Gasteiger partial charge is 0.445 e. The van der Waals surface area contributed by atoms with Crippen LogP contribution in [0.3, 0.4) is 0 Å². The fourth-order valence-electron chi connectivity index (χ4n) is 3.52. The van der Waals surface area contributed by atoms with Gasteiger partial charge in [0, 0.05) is 22.7 Å². The van der Waals surface area contributed by atoms with E-state index in [1.165, 1.54) is 12.5 Å². The number of hydrogen-bond acceptors (Lipinski definition) is 4. The van der Waals surface area contributed by atoms with Crippen molar-refractivity contribution in [3.63, 3.8) is 0 Å². The molecule has 3 amide bonds. The molecule has 0 saturated carbocycles. The van der Waals surface area contributed by atoms with Crippen LogP contribution in [0.15, 0.2) is 36.9 Å². The maximum Gasteiger partial charge on any atom is 0.410 e.